The number of carbonyl (C=O) groups is 1. The number of hydrogen-bond donors (Lipinski definition) is 2. The maximum Gasteiger partial charge on any atom is 0.242 e. The van der Waals surface area contributed by atoms with Crippen LogP contribution >= 0.6 is 11.3 Å². The summed E-state index contributed by atoms with van der Waals surface area (Å²) in [5.41, 5.74) is 1.88. The predicted molar refractivity (Wildman–Crippen MR) is 97.5 cm³/mol. The molecule has 6 heteroatoms. The molecule has 0 spiro atoms. The van der Waals surface area contributed by atoms with Crippen LogP contribution in [0.3, 0.4) is 0 Å². The van der Waals surface area contributed by atoms with Gasteiger partial charge in [-0.25, -0.2) is 4.98 Å². The number of nitrogens with zero attached hydrogens (tertiary/aromatic N) is 1. The van der Waals surface area contributed by atoms with Gasteiger partial charge in [0.05, 0.1) is 17.3 Å². The molecule has 1 atom stereocenters. The van der Waals surface area contributed by atoms with Crippen LogP contribution in [0.15, 0.2) is 48.5 Å². The number of thiazole rings is 1. The average molecular weight is 341 g/mol. The minimum Gasteiger partial charge on any atom is -0.496 e. The molecule has 3 rings (SSSR count). The van der Waals surface area contributed by atoms with Crippen LogP contribution in [0, 0.1) is 0 Å². The number of rotatable bonds is 6. The van der Waals surface area contributed by atoms with E-state index in [2.05, 4.69) is 15.6 Å². The van der Waals surface area contributed by atoms with E-state index < -0.39 is 0 Å². The molecule has 0 aliphatic carbocycles. The molecule has 1 aromatic heterocycles. The number of fused-ring (bicyclic) bond motifs is 1. The topological polar surface area (TPSA) is 63.2 Å². The van der Waals surface area contributed by atoms with Crippen molar-refractivity contribution < 1.29 is 9.53 Å². The number of ether oxygens (including phenoxy) is 1. The summed E-state index contributed by atoms with van der Waals surface area (Å²) in [6.45, 7) is 2.25. The number of anilines is 1. The van der Waals surface area contributed by atoms with E-state index in [9.17, 15) is 4.79 Å². The second kappa shape index (κ2) is 7.31. The van der Waals surface area contributed by atoms with Gasteiger partial charge in [0.25, 0.3) is 0 Å². The Balaban J connectivity index is 1.60. The number of methoxy groups -OCH3 is 1. The van der Waals surface area contributed by atoms with Crippen LogP contribution in [0.5, 0.6) is 5.75 Å². The van der Waals surface area contributed by atoms with E-state index in [1.807, 2.05) is 55.5 Å². The van der Waals surface area contributed by atoms with E-state index in [0.29, 0.717) is 6.54 Å². The summed E-state index contributed by atoms with van der Waals surface area (Å²) < 4.78 is 6.39. The van der Waals surface area contributed by atoms with Crippen LogP contribution in [0.1, 0.15) is 12.5 Å². The Labute approximate surface area is 144 Å². The molecule has 0 aliphatic rings. The van der Waals surface area contributed by atoms with Gasteiger partial charge in [-0.15, -0.1) is 0 Å². The Hall–Kier alpha value is -2.60. The summed E-state index contributed by atoms with van der Waals surface area (Å²) in [4.78, 5) is 16.8. The lowest BCUT2D eigenvalue weighted by Gasteiger charge is -2.14. The fraction of sp³-hybridized carbons (Fsp3) is 0.222. The standard InChI is InChI=1S/C18H19N3O2S/c1-12(20-18-21-14-8-4-6-10-16(14)24-18)17(22)19-11-13-7-3-5-9-15(13)23-2/h3-10,12H,11H2,1-2H3,(H,19,22)(H,20,21)/t12-/m1/s1. The Bertz CT molecular complexity index is 814. The molecule has 5 nitrogen and oxygen atoms in total. The molecule has 3 aromatic rings. The van der Waals surface area contributed by atoms with Gasteiger partial charge in [-0.1, -0.05) is 41.7 Å². The third kappa shape index (κ3) is 3.65. The summed E-state index contributed by atoms with van der Waals surface area (Å²) in [5, 5.41) is 6.83. The smallest absolute Gasteiger partial charge is 0.242 e. The highest BCUT2D eigenvalue weighted by molar-refractivity contribution is 7.22. The van der Waals surface area contributed by atoms with E-state index in [1.54, 1.807) is 18.4 Å². The van der Waals surface area contributed by atoms with Gasteiger partial charge in [0.2, 0.25) is 5.91 Å². The highest BCUT2D eigenvalue weighted by atomic mass is 32.1. The normalized spacial score (nSPS) is 11.9. The van der Waals surface area contributed by atoms with Gasteiger partial charge in [-0.2, -0.15) is 0 Å². The second-order valence-electron chi connectivity index (χ2n) is 5.38. The summed E-state index contributed by atoms with van der Waals surface area (Å²) in [5.74, 6) is 0.685. The summed E-state index contributed by atoms with van der Waals surface area (Å²) in [6, 6.07) is 15.2. The summed E-state index contributed by atoms with van der Waals surface area (Å²) in [7, 11) is 1.62. The number of nitrogens with one attached hydrogen (secondary N) is 2. The van der Waals surface area contributed by atoms with Gasteiger partial charge in [-0.3, -0.25) is 4.79 Å². The van der Waals surface area contributed by atoms with Crippen LogP contribution in [0.2, 0.25) is 0 Å². The van der Waals surface area contributed by atoms with Gasteiger partial charge < -0.3 is 15.4 Å². The lowest BCUT2D eigenvalue weighted by atomic mass is 10.2. The number of carbonyl (C=O) groups excluding carboxylic acids is 1. The van der Waals surface area contributed by atoms with Crippen molar-refractivity contribution in [3.05, 3.63) is 54.1 Å². The van der Waals surface area contributed by atoms with Crippen molar-refractivity contribution in [2.24, 2.45) is 0 Å². The van der Waals surface area contributed by atoms with Gasteiger partial charge in [0.15, 0.2) is 5.13 Å². The molecular formula is C18H19N3O2S. The van der Waals surface area contributed by atoms with Crippen molar-refractivity contribution in [3.63, 3.8) is 0 Å². The molecule has 1 heterocycles. The van der Waals surface area contributed by atoms with Gasteiger partial charge in [-0.05, 0) is 25.1 Å². The largest absolute Gasteiger partial charge is 0.496 e. The Morgan fingerprint density at radius 1 is 1.21 bits per heavy atom. The predicted octanol–water partition coefficient (Wildman–Crippen LogP) is 3.42. The van der Waals surface area contributed by atoms with Crippen LogP contribution in [0.4, 0.5) is 5.13 Å². The summed E-state index contributed by atoms with van der Waals surface area (Å²) in [6.07, 6.45) is 0. The quantitative estimate of drug-likeness (QED) is 0.721. The average Bonchev–Trinajstić information content (AvgIpc) is 3.02. The van der Waals surface area contributed by atoms with Crippen LogP contribution in [-0.2, 0) is 11.3 Å². The highest BCUT2D eigenvalue weighted by Crippen LogP contribution is 2.25. The molecule has 24 heavy (non-hydrogen) atoms. The van der Waals surface area contributed by atoms with Crippen LogP contribution < -0.4 is 15.4 Å². The molecule has 0 bridgehead atoms. The number of amides is 1. The van der Waals surface area contributed by atoms with Crippen LogP contribution in [0.25, 0.3) is 10.2 Å². The van der Waals surface area contributed by atoms with E-state index in [4.69, 9.17) is 4.74 Å². The van der Waals surface area contributed by atoms with Gasteiger partial charge in [0, 0.05) is 12.1 Å². The zero-order valence-corrected chi connectivity index (χ0v) is 14.4. The van der Waals surface area contributed by atoms with Crippen molar-refractivity contribution in [2.45, 2.75) is 19.5 Å². The van der Waals surface area contributed by atoms with Gasteiger partial charge in [0.1, 0.15) is 11.8 Å². The Morgan fingerprint density at radius 2 is 1.96 bits per heavy atom. The third-order valence-corrected chi connectivity index (χ3v) is 4.64. The number of benzene rings is 2. The number of aromatic nitrogens is 1. The molecule has 0 aliphatic heterocycles. The van der Waals surface area contributed by atoms with E-state index in [1.165, 1.54) is 0 Å². The third-order valence-electron chi connectivity index (χ3n) is 3.67. The molecule has 2 N–H and O–H groups in total. The highest BCUT2D eigenvalue weighted by Gasteiger charge is 2.15. The Morgan fingerprint density at radius 3 is 2.75 bits per heavy atom. The second-order valence-corrected chi connectivity index (χ2v) is 6.41. The van der Waals surface area contributed by atoms with E-state index >= 15 is 0 Å². The maximum absolute atomic E-state index is 12.3. The minimum absolute atomic E-state index is 0.0832. The lowest BCUT2D eigenvalue weighted by molar-refractivity contribution is -0.121. The molecule has 0 saturated heterocycles. The first-order valence-corrected chi connectivity index (χ1v) is 8.50. The fourth-order valence-corrected chi connectivity index (χ4v) is 3.32. The van der Waals surface area contributed by atoms with Crippen molar-refractivity contribution in [2.75, 3.05) is 12.4 Å². The maximum atomic E-state index is 12.3. The molecule has 0 fully saturated rings. The first-order chi connectivity index (χ1) is 11.7. The molecule has 0 radical (unpaired) electrons. The molecule has 124 valence electrons. The molecule has 2 aromatic carbocycles. The van der Waals surface area contributed by atoms with Crippen molar-refractivity contribution in [1.29, 1.82) is 0 Å². The first-order valence-electron chi connectivity index (χ1n) is 7.69. The van der Waals surface area contributed by atoms with Crippen molar-refractivity contribution in [3.8, 4) is 5.75 Å². The molecule has 1 amide bonds. The number of para-hydroxylation sites is 2. The van der Waals surface area contributed by atoms with E-state index in [0.717, 1.165) is 26.7 Å². The van der Waals surface area contributed by atoms with E-state index in [-0.39, 0.29) is 11.9 Å². The molecule has 0 unspecified atom stereocenters. The zero-order chi connectivity index (χ0) is 16.9. The lowest BCUT2D eigenvalue weighted by Crippen LogP contribution is -2.37. The Kier molecular flexibility index (Phi) is 4.96. The SMILES string of the molecule is COc1ccccc1CNC(=O)[C@@H](C)Nc1nc2ccccc2s1. The fourth-order valence-electron chi connectivity index (χ4n) is 2.37. The van der Waals surface area contributed by atoms with Crippen LogP contribution in [-0.4, -0.2) is 24.0 Å². The molecule has 0 saturated carbocycles. The first kappa shape index (κ1) is 16.3. The minimum atomic E-state index is -0.375. The monoisotopic (exact) mass is 341 g/mol. The zero-order valence-electron chi connectivity index (χ0n) is 13.6. The number of hydrogen-bond acceptors (Lipinski definition) is 5. The molecular weight excluding hydrogens is 322 g/mol. The van der Waals surface area contributed by atoms with Crippen molar-refractivity contribution >= 4 is 32.6 Å². The van der Waals surface area contributed by atoms with Gasteiger partial charge >= 0.3 is 0 Å². The summed E-state index contributed by atoms with van der Waals surface area (Å²) >= 11 is 1.54. The van der Waals surface area contributed by atoms with Crippen molar-refractivity contribution in [1.82, 2.24) is 10.3 Å².